The van der Waals surface area contributed by atoms with Gasteiger partial charge in [-0.05, 0) is 32.9 Å². The number of amides is 1. The fourth-order valence-electron chi connectivity index (χ4n) is 2.72. The molecule has 0 saturated heterocycles. The van der Waals surface area contributed by atoms with Crippen LogP contribution in [0.5, 0.6) is 0 Å². The molecule has 2 rings (SSSR count). The van der Waals surface area contributed by atoms with E-state index in [0.717, 1.165) is 19.0 Å². The Bertz CT molecular complexity index is 429. The van der Waals surface area contributed by atoms with Gasteiger partial charge in [0.1, 0.15) is 5.69 Å². The van der Waals surface area contributed by atoms with Crippen LogP contribution in [0.4, 0.5) is 5.13 Å². The van der Waals surface area contributed by atoms with Crippen molar-refractivity contribution >= 4 is 22.4 Å². The van der Waals surface area contributed by atoms with Gasteiger partial charge in [0.15, 0.2) is 5.13 Å². The van der Waals surface area contributed by atoms with Crippen LogP contribution in [0.25, 0.3) is 0 Å². The molecule has 1 saturated carbocycles. The highest BCUT2D eigenvalue weighted by atomic mass is 32.1. The average molecular weight is 296 g/mol. The Morgan fingerprint density at radius 2 is 2.25 bits per heavy atom. The minimum atomic E-state index is -0.127. The predicted molar refractivity (Wildman–Crippen MR) is 83.0 cm³/mol. The summed E-state index contributed by atoms with van der Waals surface area (Å²) in [6, 6.07) is 0.734. The lowest BCUT2D eigenvalue weighted by atomic mass is 9.94. The van der Waals surface area contributed by atoms with Gasteiger partial charge >= 0.3 is 0 Å². The Labute approximate surface area is 124 Å². The fraction of sp³-hybridized carbons (Fsp3) is 0.714. The molecule has 0 bridgehead atoms. The van der Waals surface area contributed by atoms with Crippen LogP contribution < -0.4 is 11.1 Å². The summed E-state index contributed by atoms with van der Waals surface area (Å²) in [4.78, 5) is 18.2. The number of hydrogen-bond donors (Lipinski definition) is 2. The molecule has 0 aliphatic heterocycles. The first-order valence-corrected chi connectivity index (χ1v) is 8.24. The first kappa shape index (κ1) is 15.3. The number of hydrogen-bond acceptors (Lipinski definition) is 5. The van der Waals surface area contributed by atoms with E-state index in [1.807, 2.05) is 0 Å². The van der Waals surface area contributed by atoms with Crippen molar-refractivity contribution in [2.45, 2.75) is 44.6 Å². The van der Waals surface area contributed by atoms with Crippen LogP contribution in [0.3, 0.4) is 0 Å². The van der Waals surface area contributed by atoms with Crippen molar-refractivity contribution in [3.8, 4) is 0 Å². The molecule has 1 fully saturated rings. The van der Waals surface area contributed by atoms with Gasteiger partial charge in [-0.2, -0.15) is 0 Å². The first-order chi connectivity index (χ1) is 9.66. The maximum Gasteiger partial charge on any atom is 0.270 e. The van der Waals surface area contributed by atoms with E-state index < -0.39 is 0 Å². The molecule has 1 aliphatic rings. The highest BCUT2D eigenvalue weighted by molar-refractivity contribution is 7.13. The molecule has 0 atom stereocenters. The lowest BCUT2D eigenvalue weighted by Crippen LogP contribution is -2.35. The zero-order valence-electron chi connectivity index (χ0n) is 12.1. The predicted octanol–water partition coefficient (Wildman–Crippen LogP) is 2.11. The number of rotatable bonds is 6. The van der Waals surface area contributed by atoms with Gasteiger partial charge in [0, 0.05) is 18.0 Å². The van der Waals surface area contributed by atoms with E-state index in [1.165, 1.54) is 43.4 Å². The number of aromatic nitrogens is 1. The molecule has 0 radical (unpaired) electrons. The molecule has 1 aliphatic carbocycles. The number of thiazole rings is 1. The van der Waals surface area contributed by atoms with Crippen molar-refractivity contribution in [1.82, 2.24) is 15.2 Å². The van der Waals surface area contributed by atoms with Crippen LogP contribution in [0.1, 0.15) is 49.0 Å². The Balaban J connectivity index is 1.62. The van der Waals surface area contributed by atoms with E-state index in [-0.39, 0.29) is 5.91 Å². The molecule has 1 aromatic heterocycles. The van der Waals surface area contributed by atoms with Gasteiger partial charge in [0.25, 0.3) is 5.91 Å². The first-order valence-electron chi connectivity index (χ1n) is 7.36. The molecule has 0 spiro atoms. The lowest BCUT2D eigenvalue weighted by molar-refractivity contribution is 0.0946. The summed E-state index contributed by atoms with van der Waals surface area (Å²) in [6.07, 6.45) is 7.71. The van der Waals surface area contributed by atoms with E-state index in [0.29, 0.717) is 17.4 Å². The monoisotopic (exact) mass is 296 g/mol. The molecule has 3 N–H and O–H groups in total. The number of nitrogens with two attached hydrogens (primary N) is 1. The third-order valence-electron chi connectivity index (χ3n) is 3.93. The summed E-state index contributed by atoms with van der Waals surface area (Å²) < 4.78 is 0. The topological polar surface area (TPSA) is 71.2 Å². The average Bonchev–Trinajstić information content (AvgIpc) is 2.91. The van der Waals surface area contributed by atoms with Crippen LogP contribution in [-0.4, -0.2) is 42.0 Å². The third kappa shape index (κ3) is 4.45. The highest BCUT2D eigenvalue weighted by Gasteiger charge is 2.17. The molecule has 20 heavy (non-hydrogen) atoms. The second-order valence-electron chi connectivity index (χ2n) is 5.45. The van der Waals surface area contributed by atoms with Gasteiger partial charge in [0.05, 0.1) is 0 Å². The largest absolute Gasteiger partial charge is 0.375 e. The number of nitrogens with one attached hydrogen (secondary N) is 1. The number of carbonyl (C=O) groups is 1. The smallest absolute Gasteiger partial charge is 0.270 e. The van der Waals surface area contributed by atoms with Crippen molar-refractivity contribution in [1.29, 1.82) is 0 Å². The van der Waals surface area contributed by atoms with Gasteiger partial charge in [0.2, 0.25) is 0 Å². The van der Waals surface area contributed by atoms with E-state index in [4.69, 9.17) is 5.73 Å². The van der Waals surface area contributed by atoms with Gasteiger partial charge in [-0.15, -0.1) is 11.3 Å². The Kier molecular flexibility index (Phi) is 5.79. The summed E-state index contributed by atoms with van der Waals surface area (Å²) in [5.74, 6) is -0.127. The van der Waals surface area contributed by atoms with Crippen molar-refractivity contribution < 1.29 is 4.79 Å². The Morgan fingerprint density at radius 3 is 2.90 bits per heavy atom. The molecule has 112 valence electrons. The van der Waals surface area contributed by atoms with E-state index in [9.17, 15) is 4.79 Å². The van der Waals surface area contributed by atoms with Gasteiger partial charge < -0.3 is 16.0 Å². The molecule has 0 aromatic carbocycles. The second-order valence-corrected chi connectivity index (χ2v) is 6.34. The Morgan fingerprint density at radius 1 is 1.50 bits per heavy atom. The third-order valence-corrected chi connectivity index (χ3v) is 4.60. The molecule has 1 aromatic rings. The molecule has 0 unspecified atom stereocenters. The van der Waals surface area contributed by atoms with Crippen LogP contribution in [0.15, 0.2) is 5.38 Å². The highest BCUT2D eigenvalue weighted by Crippen LogP contribution is 2.21. The number of nitrogens with zero attached hydrogens (tertiary/aromatic N) is 2. The molecule has 5 nitrogen and oxygen atoms in total. The van der Waals surface area contributed by atoms with Crippen LogP contribution >= 0.6 is 11.3 Å². The van der Waals surface area contributed by atoms with Gasteiger partial charge in [-0.3, -0.25) is 4.79 Å². The summed E-state index contributed by atoms with van der Waals surface area (Å²) in [5.41, 5.74) is 5.94. The SMILES string of the molecule is CN(CCCNC(=O)c1csc(N)n1)C1CCCCC1. The second kappa shape index (κ2) is 7.59. The van der Waals surface area contributed by atoms with Crippen molar-refractivity contribution in [2.75, 3.05) is 25.9 Å². The minimum Gasteiger partial charge on any atom is -0.375 e. The van der Waals surface area contributed by atoms with E-state index in [2.05, 4.69) is 22.2 Å². The van der Waals surface area contributed by atoms with E-state index >= 15 is 0 Å². The van der Waals surface area contributed by atoms with Crippen molar-refractivity contribution in [2.24, 2.45) is 0 Å². The maximum atomic E-state index is 11.8. The standard InChI is InChI=1S/C14H24N4OS/c1-18(11-6-3-2-4-7-11)9-5-8-16-13(19)12-10-20-14(15)17-12/h10-11H,2-9H2,1H3,(H2,15,17)(H,16,19). The zero-order valence-corrected chi connectivity index (χ0v) is 12.9. The number of carbonyl (C=O) groups excluding carboxylic acids is 1. The molecule has 1 amide bonds. The number of nitrogen functional groups attached to an aromatic ring is 1. The van der Waals surface area contributed by atoms with Crippen molar-refractivity contribution in [3.05, 3.63) is 11.1 Å². The summed E-state index contributed by atoms with van der Waals surface area (Å²) >= 11 is 1.29. The van der Waals surface area contributed by atoms with Crippen LogP contribution in [0, 0.1) is 0 Å². The fourth-order valence-corrected chi connectivity index (χ4v) is 3.26. The summed E-state index contributed by atoms with van der Waals surface area (Å²) in [7, 11) is 2.19. The van der Waals surface area contributed by atoms with Crippen LogP contribution in [-0.2, 0) is 0 Å². The van der Waals surface area contributed by atoms with Gasteiger partial charge in [-0.1, -0.05) is 19.3 Å². The lowest BCUT2D eigenvalue weighted by Gasteiger charge is -2.31. The molecular weight excluding hydrogens is 272 g/mol. The Hall–Kier alpha value is -1.14. The number of anilines is 1. The summed E-state index contributed by atoms with van der Waals surface area (Å²) in [6.45, 7) is 1.72. The minimum absolute atomic E-state index is 0.127. The maximum absolute atomic E-state index is 11.8. The molecular formula is C14H24N4OS. The van der Waals surface area contributed by atoms with Crippen molar-refractivity contribution in [3.63, 3.8) is 0 Å². The zero-order chi connectivity index (χ0) is 14.4. The quantitative estimate of drug-likeness (QED) is 0.789. The molecule has 1 heterocycles. The normalized spacial score (nSPS) is 16.5. The summed E-state index contributed by atoms with van der Waals surface area (Å²) in [5, 5.41) is 5.02. The van der Waals surface area contributed by atoms with Gasteiger partial charge in [-0.25, -0.2) is 4.98 Å². The van der Waals surface area contributed by atoms with Crippen LogP contribution in [0.2, 0.25) is 0 Å². The van der Waals surface area contributed by atoms with E-state index in [1.54, 1.807) is 5.38 Å². The molecule has 6 heteroatoms.